The van der Waals surface area contributed by atoms with E-state index >= 15 is 0 Å². The van der Waals surface area contributed by atoms with Gasteiger partial charge in [-0.25, -0.2) is 9.18 Å². The highest BCUT2D eigenvalue weighted by molar-refractivity contribution is 5.55. The number of alkyl halides is 3. The first-order chi connectivity index (χ1) is 23.0. The minimum atomic E-state index is -4.86. The maximum Gasteiger partial charge on any atom is 0.416 e. The number of hydrogen-bond acceptors (Lipinski definition) is 8. The zero-order valence-electron chi connectivity index (χ0n) is 26.0. The molecule has 0 unspecified atom stereocenters. The number of benzene rings is 3. The van der Waals surface area contributed by atoms with E-state index in [-0.39, 0.29) is 17.9 Å². The van der Waals surface area contributed by atoms with Crippen LogP contribution in [0.5, 0.6) is 0 Å². The van der Waals surface area contributed by atoms with Crippen LogP contribution in [0.2, 0.25) is 0 Å². The average Bonchev–Trinajstić information content (AvgIpc) is 3.62. The highest BCUT2D eigenvalue weighted by Crippen LogP contribution is 2.33. The molecule has 11 nitrogen and oxygen atoms in total. The number of anilines is 1. The number of tetrazole rings is 1. The van der Waals surface area contributed by atoms with Crippen molar-refractivity contribution in [3.63, 3.8) is 0 Å². The van der Waals surface area contributed by atoms with E-state index < -0.39 is 47.0 Å². The Kier molecular flexibility index (Phi) is 9.24. The SMILES string of the molecule is Cc1c(N2CCN(Cc3cccc(-c4nn[nH]n4)c3)CC2)c(=O)n(C[C@@H](N)c2ccccc2)c(=O)n1Cc1c(F)cccc1C(F)(F)F. The Hall–Kier alpha value is -5.15. The Balaban J connectivity index is 1.33. The van der Waals surface area contributed by atoms with Gasteiger partial charge in [0.1, 0.15) is 11.5 Å². The van der Waals surface area contributed by atoms with Gasteiger partial charge in [0.2, 0.25) is 5.82 Å². The van der Waals surface area contributed by atoms with Gasteiger partial charge in [0.15, 0.2) is 0 Å². The first-order valence-corrected chi connectivity index (χ1v) is 15.3. The van der Waals surface area contributed by atoms with Crippen LogP contribution >= 0.6 is 0 Å². The van der Waals surface area contributed by atoms with Crippen molar-refractivity contribution in [3.8, 4) is 11.4 Å². The molecule has 48 heavy (non-hydrogen) atoms. The van der Waals surface area contributed by atoms with E-state index in [1.54, 1.807) is 30.3 Å². The van der Waals surface area contributed by atoms with E-state index in [1.165, 1.54) is 6.92 Å². The van der Waals surface area contributed by atoms with Gasteiger partial charge in [-0.05, 0) is 41.5 Å². The lowest BCUT2D eigenvalue weighted by molar-refractivity contribution is -0.138. The van der Waals surface area contributed by atoms with Crippen LogP contribution < -0.4 is 21.9 Å². The van der Waals surface area contributed by atoms with Crippen molar-refractivity contribution in [3.05, 3.63) is 127 Å². The third-order valence-corrected chi connectivity index (χ3v) is 8.63. The van der Waals surface area contributed by atoms with Crippen molar-refractivity contribution >= 4 is 5.69 Å². The molecule has 0 saturated carbocycles. The molecule has 2 aromatic heterocycles. The van der Waals surface area contributed by atoms with Gasteiger partial charge in [-0.15, -0.1) is 10.2 Å². The minimum absolute atomic E-state index is 0.146. The van der Waals surface area contributed by atoms with Crippen LogP contribution in [0.3, 0.4) is 0 Å². The summed E-state index contributed by atoms with van der Waals surface area (Å²) in [6.45, 7) is 3.07. The molecule has 0 radical (unpaired) electrons. The van der Waals surface area contributed by atoms with Crippen molar-refractivity contribution in [2.24, 2.45) is 5.73 Å². The van der Waals surface area contributed by atoms with Crippen molar-refractivity contribution in [1.29, 1.82) is 0 Å². The molecule has 1 aliphatic rings. The summed E-state index contributed by atoms with van der Waals surface area (Å²) in [5, 5.41) is 14.1. The third kappa shape index (κ3) is 6.78. The number of nitrogens with one attached hydrogen (secondary N) is 1. The fraction of sp³-hybridized carbons (Fsp3) is 0.303. The number of aromatic nitrogens is 6. The van der Waals surface area contributed by atoms with Crippen molar-refractivity contribution < 1.29 is 17.6 Å². The van der Waals surface area contributed by atoms with Gasteiger partial charge in [0, 0.05) is 55.6 Å². The Morgan fingerprint density at radius 1 is 0.917 bits per heavy atom. The Bertz CT molecular complexity index is 2000. The maximum absolute atomic E-state index is 15.0. The van der Waals surface area contributed by atoms with Crippen molar-refractivity contribution in [2.45, 2.75) is 38.8 Å². The topological polar surface area (TPSA) is 131 Å². The fourth-order valence-electron chi connectivity index (χ4n) is 6.12. The quantitative estimate of drug-likeness (QED) is 0.228. The van der Waals surface area contributed by atoms with E-state index in [4.69, 9.17) is 5.73 Å². The van der Waals surface area contributed by atoms with Crippen LogP contribution in [-0.2, 0) is 25.8 Å². The lowest BCUT2D eigenvalue weighted by Gasteiger charge is -2.37. The number of H-pyrrole nitrogens is 1. The molecule has 3 N–H and O–H groups in total. The number of aromatic amines is 1. The van der Waals surface area contributed by atoms with Gasteiger partial charge < -0.3 is 10.6 Å². The molecule has 3 aromatic carbocycles. The molecule has 3 heterocycles. The fourth-order valence-corrected chi connectivity index (χ4v) is 6.12. The number of piperazine rings is 1. The molecule has 5 aromatic rings. The highest BCUT2D eigenvalue weighted by Gasteiger charge is 2.35. The van der Waals surface area contributed by atoms with Crippen molar-refractivity contribution in [1.82, 2.24) is 34.7 Å². The van der Waals surface area contributed by atoms with Crippen LogP contribution in [0.15, 0.2) is 82.4 Å². The highest BCUT2D eigenvalue weighted by atomic mass is 19.4. The zero-order chi connectivity index (χ0) is 34.0. The van der Waals surface area contributed by atoms with E-state index in [0.29, 0.717) is 44.1 Å². The Morgan fingerprint density at radius 2 is 1.65 bits per heavy atom. The largest absolute Gasteiger partial charge is 0.416 e. The van der Waals surface area contributed by atoms with Crippen LogP contribution in [0.1, 0.15) is 34.0 Å². The molecule has 0 bridgehead atoms. The molecule has 1 saturated heterocycles. The van der Waals surface area contributed by atoms with Crippen LogP contribution in [0.4, 0.5) is 23.2 Å². The number of halogens is 4. The second-order valence-corrected chi connectivity index (χ2v) is 11.7. The summed E-state index contributed by atoms with van der Waals surface area (Å²) >= 11 is 0. The predicted octanol–water partition coefficient (Wildman–Crippen LogP) is 3.73. The second kappa shape index (κ2) is 13.5. The summed E-state index contributed by atoms with van der Waals surface area (Å²) in [5.74, 6) is -0.623. The zero-order valence-corrected chi connectivity index (χ0v) is 26.0. The van der Waals surface area contributed by atoms with E-state index in [9.17, 15) is 27.2 Å². The second-order valence-electron chi connectivity index (χ2n) is 11.7. The number of hydrogen-bond donors (Lipinski definition) is 2. The molecule has 0 spiro atoms. The summed E-state index contributed by atoms with van der Waals surface area (Å²) in [7, 11) is 0. The standard InChI is InChI=1S/C33H33F4N9O2/c1-21-29(44-15-13-43(14-16-44)18-22-7-5-10-24(17-22)30-39-41-42-40-30)31(47)46(20-28(38)23-8-3-2-4-9-23)32(48)45(21)19-25-26(33(35,36)37)11-6-12-27(25)34/h2-12,17,28H,13-16,18-20,38H2,1H3,(H,39,40,41,42)/t28-/m1/s1. The smallest absolute Gasteiger partial charge is 0.363 e. The number of nitrogens with zero attached hydrogens (tertiary/aromatic N) is 7. The summed E-state index contributed by atoms with van der Waals surface area (Å²) in [5.41, 5.74) is 5.89. The summed E-state index contributed by atoms with van der Waals surface area (Å²) in [6, 6.07) is 18.5. The molecular formula is C33H33F4N9O2. The molecule has 6 rings (SSSR count). The maximum atomic E-state index is 15.0. The summed E-state index contributed by atoms with van der Waals surface area (Å²) in [4.78, 5) is 32.0. The monoisotopic (exact) mass is 663 g/mol. The van der Waals surface area contributed by atoms with Crippen LogP contribution in [0.25, 0.3) is 11.4 Å². The lowest BCUT2D eigenvalue weighted by atomic mass is 10.1. The Labute approximate surface area is 272 Å². The van der Waals surface area contributed by atoms with E-state index in [1.807, 2.05) is 29.2 Å². The van der Waals surface area contributed by atoms with Gasteiger partial charge in [-0.3, -0.25) is 18.8 Å². The molecule has 250 valence electrons. The van der Waals surface area contributed by atoms with E-state index in [0.717, 1.165) is 38.5 Å². The molecule has 1 fully saturated rings. The molecule has 1 atom stereocenters. The lowest BCUT2D eigenvalue weighted by Crippen LogP contribution is -2.51. The number of nitrogens with two attached hydrogens (primary N) is 1. The molecule has 1 aliphatic heterocycles. The van der Waals surface area contributed by atoms with Gasteiger partial charge >= 0.3 is 11.9 Å². The number of rotatable bonds is 9. The Morgan fingerprint density at radius 3 is 2.33 bits per heavy atom. The minimum Gasteiger partial charge on any atom is -0.363 e. The summed E-state index contributed by atoms with van der Waals surface area (Å²) < 4.78 is 58.8. The van der Waals surface area contributed by atoms with Crippen LogP contribution in [-0.4, -0.2) is 60.8 Å². The normalized spacial score (nSPS) is 14.8. The molecule has 15 heteroatoms. The third-order valence-electron chi connectivity index (χ3n) is 8.63. The van der Waals surface area contributed by atoms with Gasteiger partial charge in [-0.1, -0.05) is 54.6 Å². The average molecular weight is 664 g/mol. The predicted molar refractivity (Wildman–Crippen MR) is 171 cm³/mol. The first kappa shape index (κ1) is 32.8. The summed E-state index contributed by atoms with van der Waals surface area (Å²) in [6.07, 6.45) is -4.86. The first-order valence-electron chi connectivity index (χ1n) is 15.3. The van der Waals surface area contributed by atoms with E-state index in [2.05, 4.69) is 25.5 Å². The molecule has 0 amide bonds. The van der Waals surface area contributed by atoms with Gasteiger partial charge in [-0.2, -0.15) is 18.4 Å². The van der Waals surface area contributed by atoms with Crippen molar-refractivity contribution in [2.75, 3.05) is 31.1 Å². The van der Waals surface area contributed by atoms with Crippen LogP contribution in [0, 0.1) is 12.7 Å². The molecular weight excluding hydrogens is 630 g/mol. The van der Waals surface area contributed by atoms with Gasteiger partial charge in [0.25, 0.3) is 5.56 Å². The van der Waals surface area contributed by atoms with Gasteiger partial charge in [0.05, 0.1) is 18.7 Å². The molecule has 0 aliphatic carbocycles.